The Morgan fingerprint density at radius 3 is 2.42 bits per heavy atom. The highest BCUT2D eigenvalue weighted by molar-refractivity contribution is 7.13. The van der Waals surface area contributed by atoms with Crippen molar-refractivity contribution in [3.05, 3.63) is 83.9 Å². The number of carbonyl (C=O) groups excluding carboxylic acids is 1. The molecule has 0 bridgehead atoms. The Labute approximate surface area is 184 Å². The van der Waals surface area contributed by atoms with Crippen molar-refractivity contribution in [2.45, 2.75) is 0 Å². The molecule has 3 heterocycles. The van der Waals surface area contributed by atoms with Gasteiger partial charge in [0.25, 0.3) is 5.91 Å². The van der Waals surface area contributed by atoms with Crippen molar-refractivity contribution >= 4 is 28.6 Å². The smallest absolute Gasteiger partial charge is 0.274 e. The minimum atomic E-state index is -0.196. The minimum absolute atomic E-state index is 0.196. The minimum Gasteiger partial charge on any atom is -0.378 e. The SMILES string of the molecule is O=C(Nc1ccc(N2CCOCC2)cc1)c1cc(-c2cccs2)nn1-c1ccccc1. The van der Waals surface area contributed by atoms with E-state index in [1.807, 2.05) is 78.2 Å². The van der Waals surface area contributed by atoms with Crippen molar-refractivity contribution in [3.63, 3.8) is 0 Å². The molecule has 1 aliphatic rings. The van der Waals surface area contributed by atoms with Crippen LogP contribution in [-0.4, -0.2) is 42.0 Å². The number of rotatable bonds is 5. The average molecular weight is 431 g/mol. The van der Waals surface area contributed by atoms with E-state index in [1.54, 1.807) is 16.0 Å². The molecule has 2 aromatic carbocycles. The lowest BCUT2D eigenvalue weighted by atomic mass is 10.2. The molecule has 31 heavy (non-hydrogen) atoms. The number of hydrogen-bond acceptors (Lipinski definition) is 5. The van der Waals surface area contributed by atoms with Gasteiger partial charge in [0.2, 0.25) is 0 Å². The fourth-order valence-corrected chi connectivity index (χ4v) is 4.31. The molecule has 1 aliphatic heterocycles. The number of aromatic nitrogens is 2. The molecule has 0 saturated carbocycles. The van der Waals surface area contributed by atoms with Crippen molar-refractivity contribution in [1.82, 2.24) is 9.78 Å². The fourth-order valence-electron chi connectivity index (χ4n) is 3.63. The third-order valence-electron chi connectivity index (χ3n) is 5.22. The molecule has 0 atom stereocenters. The van der Waals surface area contributed by atoms with Gasteiger partial charge in [-0.3, -0.25) is 4.79 Å². The second kappa shape index (κ2) is 8.75. The van der Waals surface area contributed by atoms with Crippen LogP contribution in [0, 0.1) is 0 Å². The van der Waals surface area contributed by atoms with Crippen LogP contribution in [-0.2, 0) is 4.74 Å². The van der Waals surface area contributed by atoms with Gasteiger partial charge in [-0.2, -0.15) is 5.10 Å². The molecular weight excluding hydrogens is 408 g/mol. The molecule has 1 fully saturated rings. The summed E-state index contributed by atoms with van der Waals surface area (Å²) in [7, 11) is 0. The molecule has 0 spiro atoms. The summed E-state index contributed by atoms with van der Waals surface area (Å²) in [4.78, 5) is 16.5. The first-order chi connectivity index (χ1) is 15.3. The number of nitrogens with one attached hydrogen (secondary N) is 1. The number of para-hydroxylation sites is 1. The highest BCUT2D eigenvalue weighted by atomic mass is 32.1. The van der Waals surface area contributed by atoms with E-state index < -0.39 is 0 Å². The maximum atomic E-state index is 13.2. The number of ether oxygens (including phenoxy) is 1. The number of anilines is 2. The van der Waals surface area contributed by atoms with Gasteiger partial charge < -0.3 is 15.0 Å². The zero-order valence-corrected chi connectivity index (χ0v) is 17.7. The quantitative estimate of drug-likeness (QED) is 0.499. The summed E-state index contributed by atoms with van der Waals surface area (Å²) in [5.74, 6) is -0.196. The van der Waals surface area contributed by atoms with Gasteiger partial charge in [-0.05, 0) is 53.9 Å². The molecule has 0 radical (unpaired) electrons. The zero-order chi connectivity index (χ0) is 21.0. The topological polar surface area (TPSA) is 59.4 Å². The van der Waals surface area contributed by atoms with Crippen molar-refractivity contribution < 1.29 is 9.53 Å². The van der Waals surface area contributed by atoms with E-state index in [2.05, 4.69) is 10.2 Å². The molecule has 6 nitrogen and oxygen atoms in total. The van der Waals surface area contributed by atoms with Crippen molar-refractivity contribution in [3.8, 4) is 16.3 Å². The Kier molecular flexibility index (Phi) is 5.52. The molecule has 7 heteroatoms. The number of carbonyl (C=O) groups is 1. The Morgan fingerprint density at radius 2 is 1.71 bits per heavy atom. The lowest BCUT2D eigenvalue weighted by molar-refractivity contribution is 0.101. The van der Waals surface area contributed by atoms with Gasteiger partial charge >= 0.3 is 0 Å². The Bertz CT molecular complexity index is 1150. The van der Waals surface area contributed by atoms with E-state index in [0.29, 0.717) is 5.69 Å². The van der Waals surface area contributed by atoms with Gasteiger partial charge in [0.1, 0.15) is 11.4 Å². The highest BCUT2D eigenvalue weighted by Gasteiger charge is 2.18. The standard InChI is InChI=1S/C24H22N4O2S/c29-24(25-18-8-10-19(11-9-18)27-12-14-30-15-13-27)22-17-21(23-7-4-16-31-23)26-28(22)20-5-2-1-3-6-20/h1-11,16-17H,12-15H2,(H,25,29). The second-order valence-electron chi connectivity index (χ2n) is 7.24. The third-order valence-corrected chi connectivity index (χ3v) is 6.11. The van der Waals surface area contributed by atoms with Crippen molar-refractivity contribution in [2.75, 3.05) is 36.5 Å². The van der Waals surface area contributed by atoms with E-state index in [0.717, 1.165) is 53.9 Å². The number of nitrogens with zero attached hydrogens (tertiary/aromatic N) is 3. The lowest BCUT2D eigenvalue weighted by Crippen LogP contribution is -2.36. The van der Waals surface area contributed by atoms with Crippen LogP contribution in [0.5, 0.6) is 0 Å². The summed E-state index contributed by atoms with van der Waals surface area (Å²) in [6.07, 6.45) is 0. The Balaban J connectivity index is 1.40. The molecule has 2 aromatic heterocycles. The van der Waals surface area contributed by atoms with E-state index >= 15 is 0 Å². The van der Waals surface area contributed by atoms with E-state index in [4.69, 9.17) is 9.84 Å². The molecule has 0 aliphatic carbocycles. The number of benzene rings is 2. The molecule has 1 amide bonds. The van der Waals surface area contributed by atoms with Crippen molar-refractivity contribution in [2.24, 2.45) is 0 Å². The van der Waals surface area contributed by atoms with Crippen LogP contribution in [0.4, 0.5) is 11.4 Å². The highest BCUT2D eigenvalue weighted by Crippen LogP contribution is 2.26. The summed E-state index contributed by atoms with van der Waals surface area (Å²) in [5, 5.41) is 9.73. The fraction of sp³-hybridized carbons (Fsp3) is 0.167. The molecule has 4 aromatic rings. The lowest BCUT2D eigenvalue weighted by Gasteiger charge is -2.28. The second-order valence-corrected chi connectivity index (χ2v) is 8.19. The van der Waals surface area contributed by atoms with E-state index in [-0.39, 0.29) is 5.91 Å². The molecule has 1 N–H and O–H groups in total. The van der Waals surface area contributed by atoms with Gasteiger partial charge in [0.15, 0.2) is 0 Å². The largest absolute Gasteiger partial charge is 0.378 e. The monoisotopic (exact) mass is 430 g/mol. The first-order valence-electron chi connectivity index (χ1n) is 10.2. The number of thiophene rings is 1. The van der Waals surface area contributed by atoms with Crippen LogP contribution in [0.25, 0.3) is 16.3 Å². The maximum Gasteiger partial charge on any atom is 0.274 e. The van der Waals surface area contributed by atoms with Gasteiger partial charge in [-0.25, -0.2) is 4.68 Å². The summed E-state index contributed by atoms with van der Waals surface area (Å²) >= 11 is 1.60. The van der Waals surface area contributed by atoms with Crippen molar-refractivity contribution in [1.29, 1.82) is 0 Å². The number of amides is 1. The molecule has 5 rings (SSSR count). The van der Waals surface area contributed by atoms with Crippen LogP contribution in [0.15, 0.2) is 78.2 Å². The molecule has 0 unspecified atom stereocenters. The maximum absolute atomic E-state index is 13.2. The predicted octanol–water partition coefficient (Wildman–Crippen LogP) is 4.69. The third kappa shape index (κ3) is 4.23. The summed E-state index contributed by atoms with van der Waals surface area (Å²) < 4.78 is 7.12. The van der Waals surface area contributed by atoms with Crippen LogP contribution < -0.4 is 10.2 Å². The summed E-state index contributed by atoms with van der Waals surface area (Å²) in [6.45, 7) is 3.25. The van der Waals surface area contributed by atoms with Crippen LogP contribution in [0.2, 0.25) is 0 Å². The first kappa shape index (κ1) is 19.5. The molecule has 156 valence electrons. The van der Waals surface area contributed by atoms with Crippen LogP contribution in [0.3, 0.4) is 0 Å². The van der Waals surface area contributed by atoms with E-state index in [9.17, 15) is 4.79 Å². The normalized spacial score (nSPS) is 13.9. The van der Waals surface area contributed by atoms with Gasteiger partial charge in [0.05, 0.1) is 23.8 Å². The Hall–Kier alpha value is -3.42. The predicted molar refractivity (Wildman–Crippen MR) is 124 cm³/mol. The summed E-state index contributed by atoms with van der Waals surface area (Å²) in [6, 6.07) is 23.5. The number of hydrogen-bond donors (Lipinski definition) is 1. The van der Waals surface area contributed by atoms with Gasteiger partial charge in [-0.1, -0.05) is 24.3 Å². The summed E-state index contributed by atoms with van der Waals surface area (Å²) in [5.41, 5.74) is 4.01. The van der Waals surface area contributed by atoms with Crippen LogP contribution in [0.1, 0.15) is 10.5 Å². The Morgan fingerprint density at radius 1 is 0.935 bits per heavy atom. The molecule has 1 saturated heterocycles. The molecular formula is C24H22N4O2S. The van der Waals surface area contributed by atoms with Gasteiger partial charge in [0, 0.05) is 24.5 Å². The number of morpholine rings is 1. The van der Waals surface area contributed by atoms with Crippen LogP contribution >= 0.6 is 11.3 Å². The first-order valence-corrected chi connectivity index (χ1v) is 11.1. The van der Waals surface area contributed by atoms with Gasteiger partial charge in [-0.15, -0.1) is 11.3 Å². The average Bonchev–Trinajstić information content (AvgIpc) is 3.51. The van der Waals surface area contributed by atoms with E-state index in [1.165, 1.54) is 0 Å². The zero-order valence-electron chi connectivity index (χ0n) is 16.9.